The monoisotopic (exact) mass is 438 g/mol. The molecule has 0 aliphatic carbocycles. The van der Waals surface area contributed by atoms with Gasteiger partial charge in [-0.3, -0.25) is 9.78 Å². The molecule has 2 aromatic carbocycles. The van der Waals surface area contributed by atoms with E-state index < -0.39 is 0 Å². The summed E-state index contributed by atoms with van der Waals surface area (Å²) in [6.07, 6.45) is 2.83. The summed E-state index contributed by atoms with van der Waals surface area (Å²) in [5.41, 5.74) is 5.51. The van der Waals surface area contributed by atoms with E-state index in [0.29, 0.717) is 12.1 Å². The molecule has 5 rings (SSSR count). The molecule has 0 saturated carbocycles. The lowest BCUT2D eigenvalue weighted by atomic mass is 9.81. The third-order valence-electron chi connectivity index (χ3n) is 7.05. The van der Waals surface area contributed by atoms with Crippen molar-refractivity contribution in [2.45, 2.75) is 24.9 Å². The molecule has 33 heavy (non-hydrogen) atoms. The molecular formula is C27H26N4O2. The van der Waals surface area contributed by atoms with Crippen LogP contribution in [0.25, 0.3) is 11.1 Å². The Morgan fingerprint density at radius 3 is 2.76 bits per heavy atom. The molecule has 1 fully saturated rings. The average molecular weight is 439 g/mol. The number of rotatable bonds is 4. The lowest BCUT2D eigenvalue weighted by Gasteiger charge is -2.44. The molecule has 166 valence electrons. The van der Waals surface area contributed by atoms with Crippen molar-refractivity contribution in [3.8, 4) is 17.2 Å². The Balaban J connectivity index is 1.55. The Hall–Kier alpha value is -3.69. The van der Waals surface area contributed by atoms with Crippen LogP contribution in [-0.2, 0) is 11.2 Å². The van der Waals surface area contributed by atoms with Gasteiger partial charge in [0, 0.05) is 37.1 Å². The Morgan fingerprint density at radius 2 is 2.00 bits per heavy atom. The second-order valence-corrected chi connectivity index (χ2v) is 8.81. The molecule has 0 bridgehead atoms. The summed E-state index contributed by atoms with van der Waals surface area (Å²) < 4.78 is 0. The maximum atomic E-state index is 13.4. The number of aliphatic hydroxyl groups excluding tert-OH is 1. The zero-order chi connectivity index (χ0) is 22.9. The molecule has 1 amide bonds. The number of carbonyl (C=O) groups excluding carboxylic acids is 1. The molecule has 3 atom stereocenters. The fraction of sp³-hybridized carbons (Fsp3) is 0.296. The van der Waals surface area contributed by atoms with Gasteiger partial charge in [0.25, 0.3) is 0 Å². The van der Waals surface area contributed by atoms with Crippen LogP contribution < -0.4 is 4.90 Å². The topological polar surface area (TPSA) is 80.5 Å². The second kappa shape index (κ2) is 8.68. The van der Waals surface area contributed by atoms with Crippen molar-refractivity contribution in [2.75, 3.05) is 25.1 Å². The van der Waals surface area contributed by atoms with Crippen LogP contribution in [0.1, 0.15) is 29.3 Å². The molecule has 1 N–H and O–H groups in total. The Labute approximate surface area is 193 Å². The van der Waals surface area contributed by atoms with Crippen molar-refractivity contribution in [3.63, 3.8) is 0 Å². The number of aliphatic hydroxyl groups is 1. The average Bonchev–Trinajstić information content (AvgIpc) is 3.30. The summed E-state index contributed by atoms with van der Waals surface area (Å²) in [6, 6.07) is 21.6. The van der Waals surface area contributed by atoms with Gasteiger partial charge in [-0.2, -0.15) is 5.26 Å². The van der Waals surface area contributed by atoms with Gasteiger partial charge < -0.3 is 14.9 Å². The van der Waals surface area contributed by atoms with E-state index in [1.807, 2.05) is 48.3 Å². The van der Waals surface area contributed by atoms with Gasteiger partial charge in [0.1, 0.15) is 0 Å². The number of nitrogens with zero attached hydrogens (tertiary/aromatic N) is 4. The first-order valence-electron chi connectivity index (χ1n) is 11.3. The van der Waals surface area contributed by atoms with E-state index in [0.717, 1.165) is 34.5 Å². The Morgan fingerprint density at radius 1 is 1.15 bits per heavy atom. The van der Waals surface area contributed by atoms with Crippen molar-refractivity contribution in [3.05, 3.63) is 83.7 Å². The van der Waals surface area contributed by atoms with Crippen LogP contribution in [0.2, 0.25) is 0 Å². The fourth-order valence-corrected chi connectivity index (χ4v) is 5.44. The van der Waals surface area contributed by atoms with Crippen molar-refractivity contribution >= 4 is 11.6 Å². The van der Waals surface area contributed by atoms with Gasteiger partial charge in [-0.15, -0.1) is 0 Å². The summed E-state index contributed by atoms with van der Waals surface area (Å²) in [5.74, 6) is 0.214. The van der Waals surface area contributed by atoms with E-state index >= 15 is 0 Å². The summed E-state index contributed by atoms with van der Waals surface area (Å²) in [6.45, 7) is 0.713. The molecule has 2 aliphatic rings. The van der Waals surface area contributed by atoms with Crippen LogP contribution in [0.3, 0.4) is 0 Å². The van der Waals surface area contributed by atoms with Gasteiger partial charge in [-0.25, -0.2) is 0 Å². The highest BCUT2D eigenvalue weighted by Crippen LogP contribution is 2.49. The minimum atomic E-state index is -0.0938. The number of aromatic nitrogens is 1. The molecule has 6 nitrogen and oxygen atoms in total. The maximum absolute atomic E-state index is 13.4. The number of anilines is 1. The standard InChI is InChI=1S/C27H26N4O2/c1-30-24-9-8-20(19-6-4-5-18(13-19)16-28)14-23(24)27-22(25(30)17-32)10-12-31(27)26(33)15-21-7-2-3-11-29-21/h2-9,11,13-14,22,25,27,32H,10,12,15,17H2,1H3/t22-,25+,27-/m1/s1. The number of benzene rings is 2. The quantitative estimate of drug-likeness (QED) is 0.674. The second-order valence-electron chi connectivity index (χ2n) is 8.81. The van der Waals surface area contributed by atoms with Crippen LogP contribution in [-0.4, -0.2) is 47.1 Å². The highest BCUT2D eigenvalue weighted by atomic mass is 16.3. The molecule has 0 radical (unpaired) electrons. The number of carbonyl (C=O) groups is 1. The van der Waals surface area contributed by atoms with Crippen molar-refractivity contribution < 1.29 is 9.90 Å². The Bertz CT molecular complexity index is 1220. The number of likely N-dealkylation sites (tertiary alicyclic amines) is 1. The largest absolute Gasteiger partial charge is 0.394 e. The minimum absolute atomic E-state index is 0.0390. The van der Waals surface area contributed by atoms with Crippen molar-refractivity contribution in [2.24, 2.45) is 5.92 Å². The predicted octanol–water partition coefficient (Wildman–Crippen LogP) is 3.56. The molecular weight excluding hydrogens is 412 g/mol. The van der Waals surface area contributed by atoms with E-state index in [-0.39, 0.29) is 36.9 Å². The van der Waals surface area contributed by atoms with Gasteiger partial charge in [-0.1, -0.05) is 24.3 Å². The normalized spacial score (nSPS) is 21.3. The molecule has 0 unspecified atom stereocenters. The van der Waals surface area contributed by atoms with Crippen LogP contribution >= 0.6 is 0 Å². The van der Waals surface area contributed by atoms with E-state index in [9.17, 15) is 15.2 Å². The summed E-state index contributed by atoms with van der Waals surface area (Å²) in [5, 5.41) is 19.5. The van der Waals surface area contributed by atoms with E-state index in [1.54, 1.807) is 12.3 Å². The molecule has 6 heteroatoms. The predicted molar refractivity (Wildman–Crippen MR) is 126 cm³/mol. The van der Waals surface area contributed by atoms with Crippen LogP contribution in [0.5, 0.6) is 0 Å². The number of pyridine rings is 1. The Kier molecular flexibility index (Phi) is 5.57. The van der Waals surface area contributed by atoms with Crippen LogP contribution in [0.4, 0.5) is 5.69 Å². The third kappa shape index (κ3) is 3.75. The molecule has 1 aromatic heterocycles. The number of hydrogen-bond acceptors (Lipinski definition) is 5. The first-order chi connectivity index (χ1) is 16.1. The minimum Gasteiger partial charge on any atom is -0.394 e. The van der Waals surface area contributed by atoms with Gasteiger partial charge in [0.15, 0.2) is 0 Å². The summed E-state index contributed by atoms with van der Waals surface area (Å²) >= 11 is 0. The molecule has 3 heterocycles. The van der Waals surface area contributed by atoms with E-state index in [1.165, 1.54) is 0 Å². The molecule has 3 aromatic rings. The van der Waals surface area contributed by atoms with Crippen LogP contribution in [0, 0.1) is 17.2 Å². The fourth-order valence-electron chi connectivity index (χ4n) is 5.44. The number of likely N-dealkylation sites (N-methyl/N-ethyl adjacent to an activating group) is 1. The van der Waals surface area contributed by atoms with Crippen molar-refractivity contribution in [1.82, 2.24) is 9.88 Å². The van der Waals surface area contributed by atoms with Crippen molar-refractivity contribution in [1.29, 1.82) is 5.26 Å². The van der Waals surface area contributed by atoms with Gasteiger partial charge >= 0.3 is 0 Å². The van der Waals surface area contributed by atoms with Gasteiger partial charge in [0.2, 0.25) is 5.91 Å². The zero-order valence-electron chi connectivity index (χ0n) is 18.6. The lowest BCUT2D eigenvalue weighted by molar-refractivity contribution is -0.132. The van der Waals surface area contributed by atoms with Crippen LogP contribution in [0.15, 0.2) is 66.9 Å². The SMILES string of the molecule is CN1c2ccc(-c3cccc(C#N)c3)cc2[C@H]2[C@H](CCN2C(=O)Cc2ccccn2)[C@@H]1CO. The maximum Gasteiger partial charge on any atom is 0.229 e. The number of amides is 1. The van der Waals surface area contributed by atoms with E-state index in [4.69, 9.17) is 0 Å². The summed E-state index contributed by atoms with van der Waals surface area (Å²) in [4.78, 5) is 21.8. The summed E-state index contributed by atoms with van der Waals surface area (Å²) in [7, 11) is 2.02. The molecule has 2 aliphatic heterocycles. The highest BCUT2D eigenvalue weighted by molar-refractivity contribution is 5.80. The molecule has 1 saturated heterocycles. The number of nitriles is 1. The first kappa shape index (κ1) is 21.2. The number of fused-ring (bicyclic) bond motifs is 3. The molecule has 0 spiro atoms. The lowest BCUT2D eigenvalue weighted by Crippen LogP contribution is -2.48. The third-order valence-corrected chi connectivity index (χ3v) is 7.05. The zero-order valence-corrected chi connectivity index (χ0v) is 18.6. The highest BCUT2D eigenvalue weighted by Gasteiger charge is 2.47. The van der Waals surface area contributed by atoms with Gasteiger partial charge in [-0.05, 0) is 59.5 Å². The van der Waals surface area contributed by atoms with E-state index in [2.05, 4.69) is 34.2 Å². The first-order valence-corrected chi connectivity index (χ1v) is 11.3. The van der Waals surface area contributed by atoms with Gasteiger partial charge in [0.05, 0.1) is 36.7 Å². The smallest absolute Gasteiger partial charge is 0.229 e. The number of hydrogen-bond donors (Lipinski definition) is 1.